The number of ether oxygens (including phenoxy) is 7. The lowest BCUT2D eigenvalue weighted by atomic mass is 9.93. The Bertz CT molecular complexity index is 7230. The average Bonchev–Trinajstić information content (AvgIpc) is 1.62. The zero-order valence-corrected chi connectivity index (χ0v) is 89.9. The standard InChI is InChI=1S/C29H36N4O5S.C25H29N3O4S.C24H29ClN4O4S.C12H13Cl2N3O.C12H17NO3S.C4H7NO/c1-18-30-28-24(32-23-11-10-20(14-26(23)39(2,35)36)21-6-5-12-37-17-21)15-22(16-25(34)19-8-9-19)31-29(28)33(18)27-7-3-4-13-38-27;1-15-10-21-25(26-15)22(12-19(27-21)13-23(29)16-5-6-16)28-20-8-7-17(11-24(20)33(2,30)31)18-4-3-9-32-14-18;1-15-26-23-19(13-21(25)28-24(23)29(15)22-7-3-4-11-33-22)27-18-9-8-16(12-20(18)34(2,30)31)17-6-5-10-32-14-17;1-7-15-11-8(13)6-9(14)16-12(11)17(7)10-4-2-3-5-18-10;1-17(14,15)12-7-9(4-5-11(12)13)10-3-2-6-16-8-10;5-4(6)3-1-2-3/h10-11,14-15,19,21,27H,3-9,12-13,16-17H2,1-2H3,(H,31,32);7-8,11-12,16,18H,3-6,9-10,13-14H2,1-2H3,(H,27,28);8-9,12-13,17,22H,3-7,10-11,14H2,1-2H3,(H,27,28);6,10H,2-5H2,1H3;4-5,7,10H,2-3,6,8,13H2,1H3;3H,1-2H2,(H2,5,6). The number of fused-ring (bicyclic) bond motifs is 4. The third kappa shape index (κ3) is 27.3. The van der Waals surface area contributed by atoms with E-state index in [2.05, 4.69) is 35.9 Å². The van der Waals surface area contributed by atoms with Crippen molar-refractivity contribution in [3.8, 4) is 0 Å². The number of primary amides is 1. The lowest BCUT2D eigenvalue weighted by molar-refractivity contribution is -0.120. The van der Waals surface area contributed by atoms with Gasteiger partial charge in [0.05, 0.1) is 108 Å². The largest absolute Gasteiger partial charge is 0.398 e. The molecule has 7 unspecified atom stereocenters. The van der Waals surface area contributed by atoms with E-state index in [0.717, 1.165) is 238 Å². The van der Waals surface area contributed by atoms with Crippen molar-refractivity contribution in [3.63, 3.8) is 0 Å². The van der Waals surface area contributed by atoms with E-state index >= 15 is 0 Å². The molecule has 34 nitrogen and oxygen atoms in total. The fourth-order valence-corrected chi connectivity index (χ4v) is 24.3. The maximum absolute atomic E-state index is 12.9. The van der Waals surface area contributed by atoms with E-state index in [1.54, 1.807) is 42.5 Å². The number of hydrogen-bond acceptors (Lipinski definition) is 30. The van der Waals surface area contributed by atoms with Crippen molar-refractivity contribution >= 4 is 176 Å². The SMILES string of the molecule is CC1=Nc2c(Nc3ccc(C4CCCOC4)cc3S(C)(=O)=O)cc(CC(=O)C3CC3)nc2C1.CS(=O)(=O)c1cc(C2CCCOC2)ccc1N.Cc1nc2c(Cl)cc(Cl)nc2n1C1CCCCO1.Cc1nc2c(Nc3ccc(C4CCCOC4)cc3S(C)(=O)=O)cc(CC(=O)C3CC3)nc2n1C1CCCCO1.Cc1nc2c(Nc3ccc(C4CCCOC4)cc3S(C)(=O)=O)cc(Cl)nc2n1C1CCCCO1.NC(=O)C1CC1. The molecule has 0 radical (unpaired) electrons. The Hall–Kier alpha value is -10.0. The molecule has 22 rings (SSSR count). The number of carbonyl (C=O) groups is 3. The number of nitrogens with two attached hydrogens (primary N) is 2. The van der Waals surface area contributed by atoms with Crippen molar-refractivity contribution < 1.29 is 81.2 Å². The Kier molecular flexibility index (Phi) is 34.8. The van der Waals surface area contributed by atoms with Crippen LogP contribution in [0.1, 0.15) is 254 Å². The van der Waals surface area contributed by atoms with Gasteiger partial charge < -0.3 is 60.6 Å². The number of benzene rings is 4. The summed E-state index contributed by atoms with van der Waals surface area (Å²) in [7, 11) is -13.8. The van der Waals surface area contributed by atoms with Gasteiger partial charge in [-0.25, -0.2) is 63.6 Å². The number of carbonyl (C=O) groups excluding carboxylic acids is 3. The summed E-state index contributed by atoms with van der Waals surface area (Å²) >= 11 is 18.5. The molecule has 7 aromatic heterocycles. The number of pyridine rings is 4. The molecule has 3 saturated carbocycles. The quantitative estimate of drug-likeness (QED) is 0.0277. The number of nitrogen functional groups attached to an aromatic ring is 1. The number of aryl methyl sites for hydroxylation is 3. The van der Waals surface area contributed by atoms with Crippen LogP contribution in [0.25, 0.3) is 33.5 Å². The number of aliphatic imine (C=N–C) groups is 1. The van der Waals surface area contributed by atoms with Crippen molar-refractivity contribution in [2.75, 3.05) is 119 Å². The molecule has 147 heavy (non-hydrogen) atoms. The molecular formula is C106H131Cl3N16O18S4. The molecule has 0 bridgehead atoms. The van der Waals surface area contributed by atoms with Crippen molar-refractivity contribution in [1.82, 2.24) is 48.6 Å². The van der Waals surface area contributed by atoms with Crippen LogP contribution in [-0.4, -0.2) is 203 Å². The van der Waals surface area contributed by atoms with Crippen LogP contribution < -0.4 is 27.4 Å². The number of anilines is 7. The number of sulfone groups is 4. The topological polar surface area (TPSA) is 458 Å². The highest BCUT2D eigenvalue weighted by molar-refractivity contribution is 7.91. The van der Waals surface area contributed by atoms with Gasteiger partial charge in [0.15, 0.2) is 56.3 Å². The summed E-state index contributed by atoms with van der Waals surface area (Å²) in [5.74, 6) is 4.08. The van der Waals surface area contributed by atoms with Gasteiger partial charge in [-0.05, 0) is 264 Å². The second-order valence-electron chi connectivity index (χ2n) is 40.3. The first-order chi connectivity index (χ1) is 70.3. The second kappa shape index (κ2) is 47.2. The van der Waals surface area contributed by atoms with Crippen molar-refractivity contribution in [2.45, 2.75) is 257 Å². The van der Waals surface area contributed by atoms with E-state index in [-0.39, 0.29) is 104 Å². The minimum atomic E-state index is -3.54. The summed E-state index contributed by atoms with van der Waals surface area (Å²) in [6.45, 7) is 15.4. The zero-order valence-electron chi connectivity index (χ0n) is 84.4. The number of nitrogens with one attached hydrogen (secondary N) is 3. The Morgan fingerprint density at radius 1 is 0.374 bits per heavy atom. The van der Waals surface area contributed by atoms with Gasteiger partial charge in [-0.2, -0.15) is 0 Å². The fourth-order valence-electron chi connectivity index (χ4n) is 20.1. The van der Waals surface area contributed by atoms with Crippen LogP contribution in [0.2, 0.25) is 15.3 Å². The van der Waals surface area contributed by atoms with Gasteiger partial charge in [0, 0.05) is 144 Å². The van der Waals surface area contributed by atoms with Crippen LogP contribution in [0.15, 0.2) is 122 Å². The first kappa shape index (κ1) is 108. The van der Waals surface area contributed by atoms with Gasteiger partial charge in [0.25, 0.3) is 0 Å². The van der Waals surface area contributed by atoms with Crippen molar-refractivity contribution in [3.05, 3.63) is 169 Å². The zero-order chi connectivity index (χ0) is 104. The monoisotopic (exact) mass is 2150 g/mol. The molecule has 11 aromatic rings. The number of Topliss-reactive ketones (excluding diaryl/α,β-unsaturated/α-hetero) is 2. The van der Waals surface area contributed by atoms with Gasteiger partial charge in [0.1, 0.15) is 80.3 Å². The molecule has 41 heteroatoms. The third-order valence-electron chi connectivity index (χ3n) is 28.3. The predicted molar refractivity (Wildman–Crippen MR) is 567 cm³/mol. The minimum Gasteiger partial charge on any atom is -0.398 e. The summed E-state index contributed by atoms with van der Waals surface area (Å²) in [5, 5.41) is 11.2. The summed E-state index contributed by atoms with van der Waals surface area (Å²) in [5.41, 5.74) is 25.9. The fraction of sp³-hybridized carbons (Fsp3) is 0.519. The average molecular weight is 2150 g/mol. The molecule has 1 amide bonds. The Morgan fingerprint density at radius 3 is 1.08 bits per heavy atom. The maximum Gasteiger partial charge on any atom is 0.220 e. The molecule has 3 aliphatic carbocycles. The number of rotatable bonds is 24. The van der Waals surface area contributed by atoms with Crippen molar-refractivity contribution in [2.24, 2.45) is 28.5 Å². The van der Waals surface area contributed by atoms with E-state index in [0.29, 0.717) is 153 Å². The highest BCUT2D eigenvalue weighted by Crippen LogP contribution is 2.45. The van der Waals surface area contributed by atoms with E-state index in [1.807, 2.05) is 96.0 Å². The van der Waals surface area contributed by atoms with Crippen LogP contribution in [0.5, 0.6) is 0 Å². The molecule has 4 aromatic carbocycles. The second-order valence-corrected chi connectivity index (χ2v) is 49.4. The first-order valence-electron chi connectivity index (χ1n) is 51.0. The predicted octanol–water partition coefficient (Wildman–Crippen LogP) is 19.6. The van der Waals surface area contributed by atoms with Gasteiger partial charge in [-0.15, -0.1) is 0 Å². The van der Waals surface area contributed by atoms with Crippen molar-refractivity contribution in [1.29, 1.82) is 0 Å². The highest BCUT2D eigenvalue weighted by Gasteiger charge is 2.36. The van der Waals surface area contributed by atoms with Crippen LogP contribution >= 0.6 is 34.8 Å². The normalized spacial score (nSPS) is 21.3. The minimum absolute atomic E-state index is 0.00853. The Morgan fingerprint density at radius 2 is 0.721 bits per heavy atom. The number of hydrogen-bond donors (Lipinski definition) is 5. The number of halogens is 3. The van der Waals surface area contributed by atoms with Crippen LogP contribution in [0.4, 0.5) is 45.5 Å². The lowest BCUT2D eigenvalue weighted by Gasteiger charge is -2.25. The molecule has 788 valence electrons. The van der Waals surface area contributed by atoms with Gasteiger partial charge in [-0.3, -0.25) is 38.1 Å². The first-order valence-corrected chi connectivity index (χ1v) is 59.7. The molecule has 7 atom stereocenters. The number of imidazole rings is 3. The van der Waals surface area contributed by atoms with Crippen LogP contribution in [0.3, 0.4) is 0 Å². The summed E-state index contributed by atoms with van der Waals surface area (Å²) in [4.78, 5) is 73.2. The lowest BCUT2D eigenvalue weighted by Crippen LogP contribution is -2.19. The van der Waals surface area contributed by atoms with Gasteiger partial charge in [0.2, 0.25) is 5.91 Å². The maximum atomic E-state index is 12.9. The summed E-state index contributed by atoms with van der Waals surface area (Å²) in [6.07, 6.45) is 28.7. The third-order valence-corrected chi connectivity index (χ3v) is 33.6. The number of nitrogens with zero attached hydrogens (tertiary/aromatic N) is 11. The molecule has 11 aliphatic rings. The van der Waals surface area contributed by atoms with Crippen LogP contribution in [0, 0.1) is 38.5 Å². The van der Waals surface area contributed by atoms with Gasteiger partial charge in [-0.1, -0.05) is 59.1 Å². The number of aromatic nitrogens is 10. The molecule has 8 aliphatic heterocycles. The molecule has 7 saturated heterocycles. The molecular weight excluding hydrogens is 2020 g/mol. The van der Waals surface area contributed by atoms with E-state index in [4.69, 9.17) is 99.4 Å². The molecule has 7 N–H and O–H groups in total. The summed E-state index contributed by atoms with van der Waals surface area (Å²) in [6, 6.07) is 28.9. The Labute approximate surface area is 873 Å². The number of ketones is 2. The van der Waals surface area contributed by atoms with Crippen LogP contribution in [-0.2, 0) is 106 Å². The Balaban J connectivity index is 0.000000127. The molecule has 10 fully saturated rings. The highest BCUT2D eigenvalue weighted by atomic mass is 35.5. The molecule has 15 heterocycles. The van der Waals surface area contributed by atoms with Gasteiger partial charge >= 0.3 is 0 Å². The summed E-state index contributed by atoms with van der Waals surface area (Å²) < 4.78 is 146. The van der Waals surface area contributed by atoms with E-state index in [9.17, 15) is 48.1 Å². The number of amides is 1. The molecule has 0 spiro atoms. The smallest absolute Gasteiger partial charge is 0.220 e. The van der Waals surface area contributed by atoms with E-state index in [1.165, 1.54) is 25.0 Å². The van der Waals surface area contributed by atoms with E-state index < -0.39 is 39.3 Å².